The normalized spacial score (nSPS) is 11.2. The average Bonchev–Trinajstić information content (AvgIpc) is 2.71. The molecular formula is C19H15F3N4OS. The summed E-state index contributed by atoms with van der Waals surface area (Å²) in [6.45, 7) is 0.284. The van der Waals surface area contributed by atoms with E-state index in [1.165, 1.54) is 0 Å². The molecule has 1 N–H and O–H groups in total. The number of hydrogen-bond acceptors (Lipinski definition) is 5. The van der Waals surface area contributed by atoms with Crippen molar-refractivity contribution in [1.82, 2.24) is 20.3 Å². The first-order chi connectivity index (χ1) is 13.4. The summed E-state index contributed by atoms with van der Waals surface area (Å²) in [7, 11) is 0. The minimum atomic E-state index is -4.61. The molecule has 0 fully saturated rings. The van der Waals surface area contributed by atoms with Gasteiger partial charge >= 0.3 is 6.18 Å². The van der Waals surface area contributed by atoms with Gasteiger partial charge in [-0.2, -0.15) is 13.2 Å². The second-order valence-corrected chi connectivity index (χ2v) is 6.65. The summed E-state index contributed by atoms with van der Waals surface area (Å²) in [5.74, 6) is -0.438. The number of benzene rings is 1. The molecule has 0 saturated heterocycles. The summed E-state index contributed by atoms with van der Waals surface area (Å²) in [5.41, 5.74) is 0.474. The van der Waals surface area contributed by atoms with E-state index in [4.69, 9.17) is 0 Å². The van der Waals surface area contributed by atoms with Crippen molar-refractivity contribution in [3.8, 4) is 11.3 Å². The maximum Gasteiger partial charge on any atom is 0.433 e. The van der Waals surface area contributed by atoms with Crippen molar-refractivity contribution in [3.63, 3.8) is 0 Å². The Hall–Kier alpha value is -2.94. The van der Waals surface area contributed by atoms with Crippen LogP contribution in [0.1, 0.15) is 11.3 Å². The van der Waals surface area contributed by atoms with E-state index in [-0.39, 0.29) is 29.1 Å². The standard InChI is InChI=1S/C19H15F3N4OS/c20-19(21,22)16-9-15(14-6-2-1-3-7-14)25-18(26-16)28-12-17(27)24-11-13-5-4-8-23-10-13/h1-10H,11-12H2,(H,24,27). The molecule has 3 aromatic rings. The Balaban J connectivity index is 1.71. The number of aromatic nitrogens is 3. The van der Waals surface area contributed by atoms with E-state index in [0.717, 1.165) is 23.4 Å². The van der Waals surface area contributed by atoms with Gasteiger partial charge in [0, 0.05) is 24.5 Å². The fourth-order valence-corrected chi connectivity index (χ4v) is 2.96. The monoisotopic (exact) mass is 404 g/mol. The molecule has 0 radical (unpaired) electrons. The largest absolute Gasteiger partial charge is 0.433 e. The van der Waals surface area contributed by atoms with E-state index in [0.29, 0.717) is 5.56 Å². The fraction of sp³-hybridized carbons (Fsp3) is 0.158. The Morgan fingerprint density at radius 3 is 2.54 bits per heavy atom. The Morgan fingerprint density at radius 1 is 1.07 bits per heavy atom. The molecule has 144 valence electrons. The summed E-state index contributed by atoms with van der Waals surface area (Å²) in [6.07, 6.45) is -1.36. The van der Waals surface area contributed by atoms with Crippen LogP contribution in [0.5, 0.6) is 0 Å². The highest BCUT2D eigenvalue weighted by atomic mass is 32.2. The van der Waals surface area contributed by atoms with E-state index in [1.54, 1.807) is 48.8 Å². The zero-order valence-electron chi connectivity index (χ0n) is 14.5. The van der Waals surface area contributed by atoms with Gasteiger partial charge in [0.05, 0.1) is 11.4 Å². The van der Waals surface area contributed by atoms with Gasteiger partial charge in [-0.25, -0.2) is 9.97 Å². The van der Waals surface area contributed by atoms with E-state index < -0.39 is 11.9 Å². The van der Waals surface area contributed by atoms with Crippen molar-refractivity contribution < 1.29 is 18.0 Å². The zero-order chi connectivity index (χ0) is 20.0. The fourth-order valence-electron chi connectivity index (χ4n) is 2.28. The lowest BCUT2D eigenvalue weighted by atomic mass is 10.1. The molecule has 28 heavy (non-hydrogen) atoms. The van der Waals surface area contributed by atoms with Crippen LogP contribution in [0.4, 0.5) is 13.2 Å². The van der Waals surface area contributed by atoms with Crippen LogP contribution in [-0.2, 0) is 17.5 Å². The maximum atomic E-state index is 13.2. The van der Waals surface area contributed by atoms with E-state index in [1.807, 2.05) is 6.07 Å². The molecule has 0 unspecified atom stereocenters. The predicted octanol–water partition coefficient (Wildman–Crippen LogP) is 3.97. The summed E-state index contributed by atoms with van der Waals surface area (Å²) >= 11 is 0.853. The third kappa shape index (κ3) is 5.53. The number of halogens is 3. The first-order valence-corrected chi connectivity index (χ1v) is 9.20. The molecular weight excluding hydrogens is 389 g/mol. The number of alkyl halides is 3. The Morgan fingerprint density at radius 2 is 1.86 bits per heavy atom. The van der Waals surface area contributed by atoms with Crippen LogP contribution in [0, 0.1) is 0 Å². The second-order valence-electron chi connectivity index (χ2n) is 5.71. The summed E-state index contributed by atoms with van der Waals surface area (Å²) in [6, 6.07) is 13.0. The van der Waals surface area contributed by atoms with Crippen LogP contribution in [0.3, 0.4) is 0 Å². The number of amides is 1. The molecule has 0 aliphatic rings. The SMILES string of the molecule is O=C(CSc1nc(-c2ccccc2)cc(C(F)(F)F)n1)NCc1cccnc1. The Labute approximate surface area is 163 Å². The molecule has 0 atom stereocenters. The van der Waals surface area contributed by atoms with Crippen molar-refractivity contribution in [2.75, 3.05) is 5.75 Å². The quantitative estimate of drug-likeness (QED) is 0.498. The first-order valence-electron chi connectivity index (χ1n) is 8.22. The molecule has 0 aliphatic heterocycles. The van der Waals surface area contributed by atoms with Crippen molar-refractivity contribution in [1.29, 1.82) is 0 Å². The Bertz CT molecular complexity index is 937. The van der Waals surface area contributed by atoms with Crippen LogP contribution in [0.25, 0.3) is 11.3 Å². The lowest BCUT2D eigenvalue weighted by molar-refractivity contribution is -0.141. The number of nitrogens with one attached hydrogen (secondary N) is 1. The molecule has 9 heteroatoms. The molecule has 0 bridgehead atoms. The van der Waals surface area contributed by atoms with Crippen molar-refractivity contribution in [3.05, 3.63) is 72.2 Å². The summed E-state index contributed by atoms with van der Waals surface area (Å²) in [4.78, 5) is 23.7. The molecule has 0 saturated carbocycles. The number of hydrogen-bond donors (Lipinski definition) is 1. The minimum absolute atomic E-state index is 0.101. The number of nitrogens with zero attached hydrogens (tertiary/aromatic N) is 3. The number of thioether (sulfide) groups is 1. The van der Waals surface area contributed by atoms with Crippen LogP contribution < -0.4 is 5.32 Å². The predicted molar refractivity (Wildman–Crippen MR) is 99.3 cm³/mol. The molecule has 0 aliphatic carbocycles. The molecule has 1 aromatic carbocycles. The lowest BCUT2D eigenvalue weighted by Crippen LogP contribution is -2.24. The summed E-state index contributed by atoms with van der Waals surface area (Å²) in [5, 5.41) is 2.58. The minimum Gasteiger partial charge on any atom is -0.351 e. The third-order valence-electron chi connectivity index (χ3n) is 3.61. The number of carbonyl (C=O) groups is 1. The van der Waals surface area contributed by atoms with E-state index in [2.05, 4.69) is 20.3 Å². The van der Waals surface area contributed by atoms with Crippen LogP contribution in [0.2, 0.25) is 0 Å². The number of rotatable bonds is 6. The molecule has 1 amide bonds. The van der Waals surface area contributed by atoms with Gasteiger partial charge in [0.25, 0.3) is 0 Å². The maximum absolute atomic E-state index is 13.2. The van der Waals surface area contributed by atoms with Gasteiger partial charge < -0.3 is 5.32 Å². The van der Waals surface area contributed by atoms with Gasteiger partial charge in [-0.05, 0) is 17.7 Å². The van der Waals surface area contributed by atoms with Crippen LogP contribution in [0.15, 0.2) is 66.1 Å². The molecule has 2 aromatic heterocycles. The van der Waals surface area contributed by atoms with Gasteiger partial charge in [0.15, 0.2) is 5.16 Å². The molecule has 3 rings (SSSR count). The number of pyridine rings is 1. The van der Waals surface area contributed by atoms with Gasteiger partial charge in [-0.1, -0.05) is 48.2 Å². The molecule has 2 heterocycles. The lowest BCUT2D eigenvalue weighted by Gasteiger charge is -2.10. The summed E-state index contributed by atoms with van der Waals surface area (Å²) < 4.78 is 39.6. The van der Waals surface area contributed by atoms with Gasteiger partial charge in [-0.3, -0.25) is 9.78 Å². The highest BCUT2D eigenvalue weighted by molar-refractivity contribution is 7.99. The van der Waals surface area contributed by atoms with Gasteiger partial charge in [0.2, 0.25) is 5.91 Å². The second kappa shape index (κ2) is 8.83. The van der Waals surface area contributed by atoms with Crippen molar-refractivity contribution in [2.45, 2.75) is 17.9 Å². The third-order valence-corrected chi connectivity index (χ3v) is 4.46. The Kier molecular flexibility index (Phi) is 6.25. The first kappa shape index (κ1) is 19.8. The van der Waals surface area contributed by atoms with Gasteiger partial charge in [-0.15, -0.1) is 0 Å². The molecule has 5 nitrogen and oxygen atoms in total. The van der Waals surface area contributed by atoms with Crippen LogP contribution in [-0.4, -0.2) is 26.6 Å². The average molecular weight is 404 g/mol. The van der Waals surface area contributed by atoms with Crippen molar-refractivity contribution >= 4 is 17.7 Å². The molecule has 0 spiro atoms. The zero-order valence-corrected chi connectivity index (χ0v) is 15.3. The highest BCUT2D eigenvalue weighted by Crippen LogP contribution is 2.31. The van der Waals surface area contributed by atoms with Crippen molar-refractivity contribution in [2.24, 2.45) is 0 Å². The van der Waals surface area contributed by atoms with Crippen LogP contribution >= 0.6 is 11.8 Å². The topological polar surface area (TPSA) is 67.8 Å². The van der Waals surface area contributed by atoms with E-state index >= 15 is 0 Å². The van der Waals surface area contributed by atoms with Gasteiger partial charge in [0.1, 0.15) is 5.69 Å². The highest BCUT2D eigenvalue weighted by Gasteiger charge is 2.33. The number of carbonyl (C=O) groups excluding carboxylic acids is 1. The smallest absolute Gasteiger partial charge is 0.351 e. The van der Waals surface area contributed by atoms with E-state index in [9.17, 15) is 18.0 Å².